The molecule has 0 unspecified atom stereocenters. The van der Waals surface area contributed by atoms with Gasteiger partial charge in [-0.3, -0.25) is 9.78 Å². The quantitative estimate of drug-likeness (QED) is 0.777. The first-order valence-corrected chi connectivity index (χ1v) is 7.52. The Morgan fingerprint density at radius 3 is 2.59 bits per heavy atom. The number of nitrogens with zero attached hydrogens (tertiary/aromatic N) is 3. The van der Waals surface area contributed by atoms with Crippen molar-refractivity contribution in [2.45, 2.75) is 32.2 Å². The Kier molecular flexibility index (Phi) is 7.36. The molecule has 1 atom stereocenters. The van der Waals surface area contributed by atoms with E-state index in [1.54, 1.807) is 37.1 Å². The third kappa shape index (κ3) is 6.11. The first-order chi connectivity index (χ1) is 10.4. The molecule has 1 heterocycles. The average molecular weight is 306 g/mol. The number of nitrogens with one attached hydrogen (secondary N) is 1. The molecule has 1 N–H and O–H groups in total. The van der Waals surface area contributed by atoms with Crippen molar-refractivity contribution in [3.8, 4) is 0 Å². The van der Waals surface area contributed by atoms with Gasteiger partial charge in [-0.25, -0.2) is 4.79 Å². The molecule has 6 nitrogen and oxygen atoms in total. The van der Waals surface area contributed by atoms with Crippen LogP contribution in [0.4, 0.5) is 4.79 Å². The zero-order valence-electron chi connectivity index (χ0n) is 13.9. The Bertz CT molecular complexity index is 476. The zero-order valence-corrected chi connectivity index (χ0v) is 13.9. The van der Waals surface area contributed by atoms with Gasteiger partial charge in [0.05, 0.1) is 0 Å². The van der Waals surface area contributed by atoms with Crippen molar-refractivity contribution < 1.29 is 9.59 Å². The standard InChI is InChI=1S/C16H26N4O2/c1-13(12-14-8-5-6-10-17-14)20(4)16(22)18-11-7-9-15(21)19(2)3/h5-6,8,10,13H,7,9,11-12H2,1-4H3,(H,18,22)/t13-/m0/s1. The Labute approximate surface area is 132 Å². The molecule has 0 saturated heterocycles. The number of amides is 3. The van der Waals surface area contributed by atoms with Gasteiger partial charge in [0.2, 0.25) is 5.91 Å². The van der Waals surface area contributed by atoms with Crippen LogP contribution < -0.4 is 5.32 Å². The van der Waals surface area contributed by atoms with Crippen LogP contribution in [-0.2, 0) is 11.2 Å². The summed E-state index contributed by atoms with van der Waals surface area (Å²) >= 11 is 0. The highest BCUT2D eigenvalue weighted by atomic mass is 16.2. The SMILES string of the molecule is C[C@@H](Cc1ccccn1)N(C)C(=O)NCCCC(=O)N(C)C. The summed E-state index contributed by atoms with van der Waals surface area (Å²) in [5, 5.41) is 2.84. The molecule has 0 aliphatic heterocycles. The molecule has 6 heteroatoms. The minimum Gasteiger partial charge on any atom is -0.349 e. The number of hydrogen-bond acceptors (Lipinski definition) is 3. The van der Waals surface area contributed by atoms with E-state index in [0.29, 0.717) is 25.8 Å². The summed E-state index contributed by atoms with van der Waals surface area (Å²) < 4.78 is 0. The molecule has 0 radical (unpaired) electrons. The maximum Gasteiger partial charge on any atom is 0.317 e. The fraction of sp³-hybridized carbons (Fsp3) is 0.562. The van der Waals surface area contributed by atoms with E-state index in [1.165, 1.54) is 0 Å². The zero-order chi connectivity index (χ0) is 16.5. The van der Waals surface area contributed by atoms with Crippen LogP contribution in [0.2, 0.25) is 0 Å². The predicted octanol–water partition coefficient (Wildman–Crippen LogP) is 1.52. The highest BCUT2D eigenvalue weighted by Gasteiger charge is 2.16. The molecular formula is C16H26N4O2. The van der Waals surface area contributed by atoms with E-state index in [1.807, 2.05) is 25.1 Å². The summed E-state index contributed by atoms with van der Waals surface area (Å²) in [7, 11) is 5.23. The van der Waals surface area contributed by atoms with Crippen molar-refractivity contribution in [2.75, 3.05) is 27.7 Å². The minimum atomic E-state index is -0.124. The van der Waals surface area contributed by atoms with Crippen LogP contribution in [-0.4, -0.2) is 60.5 Å². The first kappa shape index (κ1) is 17.9. The van der Waals surface area contributed by atoms with Crippen molar-refractivity contribution in [3.05, 3.63) is 30.1 Å². The van der Waals surface area contributed by atoms with Gasteiger partial charge < -0.3 is 15.1 Å². The largest absolute Gasteiger partial charge is 0.349 e. The van der Waals surface area contributed by atoms with Crippen LogP contribution in [0.15, 0.2) is 24.4 Å². The Balaban J connectivity index is 2.30. The Hall–Kier alpha value is -2.11. The molecule has 0 fully saturated rings. The lowest BCUT2D eigenvalue weighted by Gasteiger charge is -2.25. The maximum atomic E-state index is 12.1. The summed E-state index contributed by atoms with van der Waals surface area (Å²) in [6.07, 6.45) is 3.56. The van der Waals surface area contributed by atoms with E-state index in [-0.39, 0.29) is 18.0 Å². The molecule has 1 rings (SSSR count). The topological polar surface area (TPSA) is 65.5 Å². The van der Waals surface area contributed by atoms with Gasteiger partial charge in [-0.2, -0.15) is 0 Å². The normalized spacial score (nSPS) is 11.6. The van der Waals surface area contributed by atoms with E-state index in [9.17, 15) is 9.59 Å². The number of pyridine rings is 1. The number of carbonyl (C=O) groups is 2. The first-order valence-electron chi connectivity index (χ1n) is 7.52. The van der Waals surface area contributed by atoms with Crippen LogP contribution in [0.3, 0.4) is 0 Å². The number of urea groups is 1. The Morgan fingerprint density at radius 2 is 2.00 bits per heavy atom. The highest BCUT2D eigenvalue weighted by molar-refractivity contribution is 5.76. The van der Waals surface area contributed by atoms with E-state index in [0.717, 1.165) is 5.69 Å². The lowest BCUT2D eigenvalue weighted by atomic mass is 10.1. The van der Waals surface area contributed by atoms with Crippen LogP contribution in [0.25, 0.3) is 0 Å². The monoisotopic (exact) mass is 306 g/mol. The third-order valence-electron chi connectivity index (χ3n) is 3.55. The summed E-state index contributed by atoms with van der Waals surface area (Å²) in [4.78, 5) is 31.0. The van der Waals surface area contributed by atoms with Gasteiger partial charge in [-0.05, 0) is 25.5 Å². The van der Waals surface area contributed by atoms with Crippen molar-refractivity contribution in [3.63, 3.8) is 0 Å². The van der Waals surface area contributed by atoms with Crippen molar-refractivity contribution in [1.82, 2.24) is 20.1 Å². The second-order valence-corrected chi connectivity index (χ2v) is 5.61. The average Bonchev–Trinajstić information content (AvgIpc) is 2.51. The lowest BCUT2D eigenvalue weighted by Crippen LogP contribution is -2.43. The van der Waals surface area contributed by atoms with Crippen molar-refractivity contribution >= 4 is 11.9 Å². The number of carbonyl (C=O) groups excluding carboxylic acids is 2. The Morgan fingerprint density at radius 1 is 1.27 bits per heavy atom. The van der Waals surface area contributed by atoms with E-state index < -0.39 is 0 Å². The second-order valence-electron chi connectivity index (χ2n) is 5.61. The van der Waals surface area contributed by atoms with E-state index >= 15 is 0 Å². The van der Waals surface area contributed by atoms with Gasteiger partial charge in [0.1, 0.15) is 0 Å². The molecular weight excluding hydrogens is 280 g/mol. The van der Waals surface area contributed by atoms with Gasteiger partial charge >= 0.3 is 6.03 Å². The smallest absolute Gasteiger partial charge is 0.317 e. The molecule has 0 saturated carbocycles. The second kappa shape index (κ2) is 9.02. The van der Waals surface area contributed by atoms with Crippen LogP contribution >= 0.6 is 0 Å². The molecule has 3 amide bonds. The summed E-state index contributed by atoms with van der Waals surface area (Å²) in [5.74, 6) is 0.0751. The molecule has 0 spiro atoms. The number of likely N-dealkylation sites (N-methyl/N-ethyl adjacent to an activating group) is 1. The van der Waals surface area contributed by atoms with E-state index in [2.05, 4.69) is 10.3 Å². The van der Waals surface area contributed by atoms with Crippen molar-refractivity contribution in [2.24, 2.45) is 0 Å². The van der Waals surface area contributed by atoms with Gasteiger partial charge in [-0.15, -0.1) is 0 Å². The van der Waals surface area contributed by atoms with Gasteiger partial charge in [0, 0.05) is 58.5 Å². The van der Waals surface area contributed by atoms with Gasteiger partial charge in [0.15, 0.2) is 0 Å². The number of rotatable bonds is 7. The van der Waals surface area contributed by atoms with E-state index in [4.69, 9.17) is 0 Å². The minimum absolute atomic E-state index is 0.0540. The molecule has 0 aromatic carbocycles. The molecule has 122 valence electrons. The molecule has 1 aromatic heterocycles. The third-order valence-corrected chi connectivity index (χ3v) is 3.55. The van der Waals surface area contributed by atoms with Crippen LogP contribution in [0, 0.1) is 0 Å². The predicted molar refractivity (Wildman–Crippen MR) is 86.5 cm³/mol. The molecule has 0 aliphatic rings. The molecule has 0 bridgehead atoms. The summed E-state index contributed by atoms with van der Waals surface area (Å²) in [6.45, 7) is 2.49. The maximum absolute atomic E-state index is 12.1. The molecule has 22 heavy (non-hydrogen) atoms. The summed E-state index contributed by atoms with van der Waals surface area (Å²) in [5.41, 5.74) is 0.964. The summed E-state index contributed by atoms with van der Waals surface area (Å²) in [6, 6.07) is 5.70. The molecule has 0 aliphatic carbocycles. The van der Waals surface area contributed by atoms with Crippen LogP contribution in [0.5, 0.6) is 0 Å². The lowest BCUT2D eigenvalue weighted by molar-refractivity contribution is -0.128. The fourth-order valence-corrected chi connectivity index (χ4v) is 1.94. The van der Waals surface area contributed by atoms with Gasteiger partial charge in [-0.1, -0.05) is 6.07 Å². The number of aromatic nitrogens is 1. The highest BCUT2D eigenvalue weighted by Crippen LogP contribution is 2.05. The number of hydrogen-bond donors (Lipinski definition) is 1. The van der Waals surface area contributed by atoms with Gasteiger partial charge in [0.25, 0.3) is 0 Å². The van der Waals surface area contributed by atoms with Crippen molar-refractivity contribution in [1.29, 1.82) is 0 Å². The molecule has 1 aromatic rings. The fourth-order valence-electron chi connectivity index (χ4n) is 1.94. The van der Waals surface area contributed by atoms with Crippen LogP contribution in [0.1, 0.15) is 25.5 Å².